The van der Waals surface area contributed by atoms with Crippen LogP contribution in [0.4, 0.5) is 5.69 Å². The van der Waals surface area contributed by atoms with Crippen molar-refractivity contribution in [2.45, 2.75) is 62.6 Å². The first kappa shape index (κ1) is 34.3. The number of aliphatic hydroxyl groups is 1. The third-order valence-electron chi connectivity index (χ3n) is 11.1. The fourth-order valence-electron chi connectivity index (χ4n) is 8.80. The number of carbonyl (C=O) groups is 3. The highest BCUT2D eigenvalue weighted by molar-refractivity contribution is 6.03. The Morgan fingerprint density at radius 1 is 0.980 bits per heavy atom. The number of hydrogen-bond donors (Lipinski definition) is 1. The van der Waals surface area contributed by atoms with E-state index in [0.717, 1.165) is 11.1 Å². The number of benzene rings is 3. The quantitative estimate of drug-likeness (QED) is 0.195. The van der Waals surface area contributed by atoms with Crippen molar-refractivity contribution in [2.24, 2.45) is 11.8 Å². The van der Waals surface area contributed by atoms with Gasteiger partial charge in [0.15, 0.2) is 0 Å². The molecule has 3 amide bonds. The Balaban J connectivity index is 1.34. The molecule has 0 aliphatic carbocycles. The molecule has 4 heterocycles. The SMILES string of the molecule is C=CCN(Cn1nnc2ccccc21)C(=O)C1N([C@@H](CO)Cc2ccccc2)C(=O)[C@@H]2[C@H](C(=O)N(CC=C)c3ccccc3)[C@]3(CC)CCC12O3. The monoisotopic (exact) mass is 688 g/mol. The van der Waals surface area contributed by atoms with Gasteiger partial charge in [0.2, 0.25) is 17.7 Å². The lowest BCUT2D eigenvalue weighted by molar-refractivity contribution is -0.157. The van der Waals surface area contributed by atoms with Gasteiger partial charge in [0.1, 0.15) is 23.8 Å². The Morgan fingerprint density at radius 2 is 1.67 bits per heavy atom. The fraction of sp³-hybridized carbons (Fsp3) is 0.375. The second-order valence-corrected chi connectivity index (χ2v) is 13.7. The normalized spacial score (nSPS) is 25.5. The molecular formula is C40H44N6O5. The second kappa shape index (κ2) is 13.9. The zero-order valence-electron chi connectivity index (χ0n) is 28.9. The van der Waals surface area contributed by atoms with Crippen LogP contribution in [0.2, 0.25) is 0 Å². The van der Waals surface area contributed by atoms with Crippen molar-refractivity contribution < 1.29 is 24.2 Å². The van der Waals surface area contributed by atoms with Crippen LogP contribution in [0, 0.1) is 11.8 Å². The first-order valence-corrected chi connectivity index (χ1v) is 17.6. The van der Waals surface area contributed by atoms with Crippen LogP contribution in [0.1, 0.15) is 31.7 Å². The van der Waals surface area contributed by atoms with Crippen molar-refractivity contribution in [3.05, 3.63) is 116 Å². The molecule has 7 rings (SSSR count). The van der Waals surface area contributed by atoms with Gasteiger partial charge in [-0.05, 0) is 55.5 Å². The summed E-state index contributed by atoms with van der Waals surface area (Å²) in [5, 5.41) is 19.6. The summed E-state index contributed by atoms with van der Waals surface area (Å²) in [6.07, 6.45) is 5.04. The molecule has 11 heteroatoms. The standard InChI is InChI=1S/C40H44N6O5/c1-4-23-43(27-45-32-20-14-13-19-31(32)41-42-45)38(50)35-40-22-21-39(6-3,51-40)33(36(48)44(24-5-2)29-17-11-8-12-18-29)34(40)37(49)46(35)30(26-47)25-28-15-9-7-10-16-28/h4-5,7-20,30,33-35,47H,1-2,6,21-27H2,3H3/t30-,33-,34+,35?,39+,40?/m1/s1. The molecule has 3 aromatic carbocycles. The van der Waals surface area contributed by atoms with E-state index in [2.05, 4.69) is 23.5 Å². The summed E-state index contributed by atoms with van der Waals surface area (Å²) in [7, 11) is 0. The molecule has 0 radical (unpaired) electrons. The molecule has 264 valence electrons. The van der Waals surface area contributed by atoms with Crippen LogP contribution < -0.4 is 4.90 Å². The smallest absolute Gasteiger partial charge is 0.250 e. The number of carbonyl (C=O) groups excluding carboxylic acids is 3. The first-order valence-electron chi connectivity index (χ1n) is 17.6. The first-order chi connectivity index (χ1) is 24.8. The number of aliphatic hydroxyl groups excluding tert-OH is 1. The lowest BCUT2D eigenvalue weighted by atomic mass is 9.64. The van der Waals surface area contributed by atoms with Crippen molar-refractivity contribution >= 4 is 34.4 Å². The van der Waals surface area contributed by atoms with Gasteiger partial charge in [-0.25, -0.2) is 4.68 Å². The molecule has 3 saturated heterocycles. The Morgan fingerprint density at radius 3 is 2.35 bits per heavy atom. The molecule has 3 fully saturated rings. The van der Waals surface area contributed by atoms with Crippen LogP contribution in [-0.2, 0) is 32.2 Å². The maximum atomic E-state index is 15.2. The third kappa shape index (κ3) is 5.64. The number of anilines is 1. The highest BCUT2D eigenvalue weighted by Crippen LogP contribution is 2.65. The zero-order chi connectivity index (χ0) is 35.8. The summed E-state index contributed by atoms with van der Waals surface area (Å²) in [5.74, 6) is -2.74. The Labute approximate surface area is 297 Å². The van der Waals surface area contributed by atoms with Crippen LogP contribution >= 0.6 is 0 Å². The summed E-state index contributed by atoms with van der Waals surface area (Å²) in [5.41, 5.74) is 0.796. The minimum absolute atomic E-state index is 0.0511. The van der Waals surface area contributed by atoms with E-state index in [1.165, 1.54) is 0 Å². The van der Waals surface area contributed by atoms with E-state index in [9.17, 15) is 9.90 Å². The molecule has 51 heavy (non-hydrogen) atoms. The lowest BCUT2D eigenvalue weighted by Gasteiger charge is -2.39. The molecular weight excluding hydrogens is 644 g/mol. The lowest BCUT2D eigenvalue weighted by Crippen LogP contribution is -2.59. The van der Waals surface area contributed by atoms with Crippen LogP contribution in [0.25, 0.3) is 11.0 Å². The average Bonchev–Trinajstić information content (AvgIpc) is 3.90. The van der Waals surface area contributed by atoms with E-state index in [-0.39, 0.29) is 44.1 Å². The largest absolute Gasteiger partial charge is 0.394 e. The van der Waals surface area contributed by atoms with Gasteiger partial charge in [-0.15, -0.1) is 18.3 Å². The minimum Gasteiger partial charge on any atom is -0.394 e. The molecule has 0 saturated carbocycles. The molecule has 1 N–H and O–H groups in total. The van der Waals surface area contributed by atoms with Gasteiger partial charge in [0, 0.05) is 18.8 Å². The maximum Gasteiger partial charge on any atom is 0.250 e. The molecule has 1 spiro atoms. The van der Waals surface area contributed by atoms with Crippen molar-refractivity contribution in [1.82, 2.24) is 24.8 Å². The third-order valence-corrected chi connectivity index (χ3v) is 11.1. The molecule has 2 bridgehead atoms. The van der Waals surface area contributed by atoms with Crippen LogP contribution in [0.5, 0.6) is 0 Å². The van der Waals surface area contributed by atoms with Crippen LogP contribution in [0.15, 0.2) is 110 Å². The number of nitrogens with zero attached hydrogens (tertiary/aromatic N) is 6. The van der Waals surface area contributed by atoms with E-state index in [1.807, 2.05) is 91.9 Å². The summed E-state index contributed by atoms with van der Waals surface area (Å²) >= 11 is 0. The number of fused-ring (bicyclic) bond motifs is 2. The number of likely N-dealkylation sites (tertiary alicyclic amines) is 1. The summed E-state index contributed by atoms with van der Waals surface area (Å²) < 4.78 is 8.76. The van der Waals surface area contributed by atoms with Crippen molar-refractivity contribution in [2.75, 3.05) is 24.6 Å². The fourth-order valence-corrected chi connectivity index (χ4v) is 8.80. The summed E-state index contributed by atoms with van der Waals surface area (Å²) in [6, 6.07) is 24.6. The Hall–Kier alpha value is -5.13. The molecule has 3 aliphatic heterocycles. The topological polar surface area (TPSA) is 121 Å². The van der Waals surface area contributed by atoms with E-state index < -0.39 is 35.1 Å². The number of hydrogen-bond acceptors (Lipinski definition) is 7. The predicted octanol–water partition coefficient (Wildman–Crippen LogP) is 4.38. The van der Waals surface area contributed by atoms with Gasteiger partial charge in [-0.2, -0.15) is 0 Å². The van der Waals surface area contributed by atoms with Crippen molar-refractivity contribution in [3.63, 3.8) is 0 Å². The number of aromatic nitrogens is 3. The van der Waals surface area contributed by atoms with Gasteiger partial charge in [-0.3, -0.25) is 14.4 Å². The Bertz CT molecular complexity index is 1930. The molecule has 11 nitrogen and oxygen atoms in total. The number of amides is 3. The van der Waals surface area contributed by atoms with Gasteiger partial charge in [-0.1, -0.05) is 85.0 Å². The maximum absolute atomic E-state index is 15.2. The van der Waals surface area contributed by atoms with Crippen LogP contribution in [0.3, 0.4) is 0 Å². The molecule has 6 atom stereocenters. The molecule has 2 unspecified atom stereocenters. The molecule has 1 aromatic heterocycles. The van der Waals surface area contributed by atoms with Gasteiger partial charge < -0.3 is 24.5 Å². The second-order valence-electron chi connectivity index (χ2n) is 13.7. The van der Waals surface area contributed by atoms with Crippen LogP contribution in [-0.4, -0.2) is 90.6 Å². The van der Waals surface area contributed by atoms with E-state index in [1.54, 1.807) is 31.5 Å². The minimum atomic E-state index is -1.30. The molecule has 4 aromatic rings. The highest BCUT2D eigenvalue weighted by atomic mass is 16.5. The number of rotatable bonds is 14. The molecule has 3 aliphatic rings. The Kier molecular flexibility index (Phi) is 9.34. The van der Waals surface area contributed by atoms with Crippen molar-refractivity contribution in [3.8, 4) is 0 Å². The average molecular weight is 689 g/mol. The zero-order valence-corrected chi connectivity index (χ0v) is 28.9. The van der Waals surface area contributed by atoms with E-state index in [4.69, 9.17) is 4.74 Å². The van der Waals surface area contributed by atoms with E-state index in [0.29, 0.717) is 36.9 Å². The van der Waals surface area contributed by atoms with E-state index >= 15 is 9.59 Å². The van der Waals surface area contributed by atoms with Gasteiger partial charge >= 0.3 is 0 Å². The predicted molar refractivity (Wildman–Crippen MR) is 193 cm³/mol. The number of para-hydroxylation sites is 2. The highest BCUT2D eigenvalue weighted by Gasteiger charge is 2.79. The summed E-state index contributed by atoms with van der Waals surface area (Å²) in [4.78, 5) is 50.1. The number of ether oxygens (including phenoxy) is 1. The van der Waals surface area contributed by atoms with Crippen molar-refractivity contribution in [1.29, 1.82) is 0 Å². The summed E-state index contributed by atoms with van der Waals surface area (Å²) in [6.45, 7) is 9.89. The van der Waals surface area contributed by atoms with Gasteiger partial charge in [0.05, 0.1) is 35.6 Å². The van der Waals surface area contributed by atoms with Gasteiger partial charge in [0.25, 0.3) is 0 Å².